The standard InChI is InChI=1S/C12H19N3O3S/c1-12(2,3)5-11(16)14-6-9-7-15(19(4,17)18)13-10(9)8-14/h7H,5-6,8H2,1-4H3. The second kappa shape index (κ2) is 4.33. The van der Waals surface area contributed by atoms with Crippen LogP contribution in [0.2, 0.25) is 0 Å². The lowest BCUT2D eigenvalue weighted by atomic mass is 9.92. The number of carbonyl (C=O) groups is 1. The number of nitrogens with zero attached hydrogens (tertiary/aromatic N) is 3. The maximum absolute atomic E-state index is 12.1. The van der Waals surface area contributed by atoms with Crippen LogP contribution in [0.4, 0.5) is 0 Å². The lowest BCUT2D eigenvalue weighted by Gasteiger charge is -2.22. The Balaban J connectivity index is 2.10. The van der Waals surface area contributed by atoms with Gasteiger partial charge in [-0.25, -0.2) is 8.42 Å². The van der Waals surface area contributed by atoms with Crippen molar-refractivity contribution in [3.05, 3.63) is 17.5 Å². The van der Waals surface area contributed by atoms with Crippen LogP contribution in [0.1, 0.15) is 38.4 Å². The quantitative estimate of drug-likeness (QED) is 0.811. The van der Waals surface area contributed by atoms with Gasteiger partial charge in [0.05, 0.1) is 18.5 Å². The molecule has 0 saturated heterocycles. The van der Waals surface area contributed by atoms with Gasteiger partial charge in [0.25, 0.3) is 10.0 Å². The molecule has 0 spiro atoms. The van der Waals surface area contributed by atoms with Crippen LogP contribution in [0.15, 0.2) is 6.20 Å². The molecule has 0 bridgehead atoms. The molecule has 0 N–H and O–H groups in total. The lowest BCUT2D eigenvalue weighted by Crippen LogP contribution is -2.29. The largest absolute Gasteiger partial charge is 0.332 e. The summed E-state index contributed by atoms with van der Waals surface area (Å²) in [5, 5.41) is 4.03. The monoisotopic (exact) mass is 285 g/mol. The molecular formula is C12H19N3O3S. The van der Waals surface area contributed by atoms with Crippen LogP contribution >= 0.6 is 0 Å². The van der Waals surface area contributed by atoms with Gasteiger partial charge in [0.2, 0.25) is 5.91 Å². The fraction of sp³-hybridized carbons (Fsp3) is 0.667. The highest BCUT2D eigenvalue weighted by molar-refractivity contribution is 7.89. The van der Waals surface area contributed by atoms with E-state index in [-0.39, 0.29) is 11.3 Å². The van der Waals surface area contributed by atoms with Crippen LogP contribution in [0.25, 0.3) is 0 Å². The summed E-state index contributed by atoms with van der Waals surface area (Å²) in [4.78, 5) is 13.8. The predicted molar refractivity (Wildman–Crippen MR) is 70.8 cm³/mol. The second-order valence-corrected chi connectivity index (χ2v) is 8.06. The molecule has 1 aliphatic rings. The first kappa shape index (κ1) is 14.0. The molecule has 106 valence electrons. The third-order valence-corrected chi connectivity index (χ3v) is 3.80. The average molecular weight is 285 g/mol. The van der Waals surface area contributed by atoms with Crippen molar-refractivity contribution < 1.29 is 13.2 Å². The van der Waals surface area contributed by atoms with Crippen LogP contribution in [-0.4, -0.2) is 34.7 Å². The number of aromatic nitrogens is 2. The van der Waals surface area contributed by atoms with Crippen LogP contribution in [0.5, 0.6) is 0 Å². The van der Waals surface area contributed by atoms with E-state index in [1.54, 1.807) is 4.90 Å². The first-order valence-electron chi connectivity index (χ1n) is 6.12. The average Bonchev–Trinajstić information content (AvgIpc) is 2.68. The number of hydrogen-bond acceptors (Lipinski definition) is 4. The summed E-state index contributed by atoms with van der Waals surface area (Å²) in [7, 11) is -3.35. The Labute approximate surface area is 113 Å². The van der Waals surface area contributed by atoms with Gasteiger partial charge in [-0.05, 0) is 5.41 Å². The molecule has 0 saturated carbocycles. The molecule has 0 unspecified atom stereocenters. The minimum absolute atomic E-state index is 0.0518. The Morgan fingerprint density at radius 2 is 2.00 bits per heavy atom. The van der Waals surface area contributed by atoms with Gasteiger partial charge in [0.15, 0.2) is 0 Å². The third-order valence-electron chi connectivity index (χ3n) is 2.93. The van der Waals surface area contributed by atoms with Crippen LogP contribution in [0, 0.1) is 5.41 Å². The third kappa shape index (κ3) is 3.15. The second-order valence-electron chi connectivity index (χ2n) is 6.22. The predicted octanol–water partition coefficient (Wildman–Crippen LogP) is 0.969. The first-order chi connectivity index (χ1) is 8.56. The van der Waals surface area contributed by atoms with Gasteiger partial charge in [0, 0.05) is 24.7 Å². The highest BCUT2D eigenvalue weighted by Gasteiger charge is 2.29. The summed E-state index contributed by atoms with van der Waals surface area (Å²) < 4.78 is 23.7. The van der Waals surface area contributed by atoms with E-state index >= 15 is 0 Å². The highest BCUT2D eigenvalue weighted by atomic mass is 32.2. The summed E-state index contributed by atoms with van der Waals surface area (Å²) in [5.74, 6) is 0.0800. The van der Waals surface area contributed by atoms with Crippen molar-refractivity contribution in [2.24, 2.45) is 5.41 Å². The van der Waals surface area contributed by atoms with Crippen molar-refractivity contribution in [3.8, 4) is 0 Å². The van der Waals surface area contributed by atoms with Gasteiger partial charge in [0.1, 0.15) is 0 Å². The molecule has 0 radical (unpaired) electrons. The zero-order valence-corrected chi connectivity index (χ0v) is 12.5. The minimum atomic E-state index is -3.35. The van der Waals surface area contributed by atoms with Crippen molar-refractivity contribution in [1.82, 2.24) is 14.1 Å². The zero-order chi connectivity index (χ0) is 14.4. The summed E-state index contributed by atoms with van der Waals surface area (Å²) in [6.07, 6.45) is 3.08. The van der Waals surface area contributed by atoms with Crippen LogP contribution < -0.4 is 0 Å². The fourth-order valence-electron chi connectivity index (χ4n) is 2.04. The summed E-state index contributed by atoms with van der Waals surface area (Å²) in [6.45, 7) is 6.89. The van der Waals surface area contributed by atoms with Crippen LogP contribution in [-0.2, 0) is 27.9 Å². The van der Waals surface area contributed by atoms with Crippen molar-refractivity contribution >= 4 is 15.9 Å². The molecular weight excluding hydrogens is 266 g/mol. The molecule has 1 aromatic heterocycles. The molecule has 2 heterocycles. The Hall–Kier alpha value is -1.37. The van der Waals surface area contributed by atoms with Crippen molar-refractivity contribution in [2.45, 2.75) is 40.3 Å². The van der Waals surface area contributed by atoms with E-state index in [0.29, 0.717) is 25.2 Å². The van der Waals surface area contributed by atoms with Crippen molar-refractivity contribution in [2.75, 3.05) is 6.26 Å². The van der Waals surface area contributed by atoms with E-state index in [2.05, 4.69) is 5.10 Å². The van der Waals surface area contributed by atoms with Crippen LogP contribution in [0.3, 0.4) is 0 Å². The van der Waals surface area contributed by atoms with E-state index in [4.69, 9.17) is 0 Å². The van der Waals surface area contributed by atoms with Gasteiger partial charge >= 0.3 is 0 Å². The molecule has 6 nitrogen and oxygen atoms in total. The summed E-state index contributed by atoms with van der Waals surface area (Å²) in [5.41, 5.74) is 1.43. The minimum Gasteiger partial charge on any atom is -0.332 e. The topological polar surface area (TPSA) is 72.3 Å². The maximum Gasteiger partial charge on any atom is 0.250 e. The molecule has 1 aliphatic heterocycles. The summed E-state index contributed by atoms with van der Waals surface area (Å²) in [6, 6.07) is 0. The molecule has 19 heavy (non-hydrogen) atoms. The normalized spacial score (nSPS) is 15.7. The fourth-order valence-corrected chi connectivity index (χ4v) is 2.60. The van der Waals surface area contributed by atoms with Gasteiger partial charge in [-0.15, -0.1) is 0 Å². The van der Waals surface area contributed by atoms with E-state index < -0.39 is 10.0 Å². The Kier molecular flexibility index (Phi) is 3.20. The van der Waals surface area contributed by atoms with Crippen molar-refractivity contribution in [1.29, 1.82) is 0 Å². The Bertz CT molecular complexity index is 587. The van der Waals surface area contributed by atoms with E-state index in [1.165, 1.54) is 6.20 Å². The molecule has 2 rings (SSSR count). The van der Waals surface area contributed by atoms with Gasteiger partial charge < -0.3 is 4.90 Å². The van der Waals surface area contributed by atoms with Gasteiger partial charge in [-0.3, -0.25) is 4.79 Å². The molecule has 1 aromatic rings. The maximum atomic E-state index is 12.1. The lowest BCUT2D eigenvalue weighted by molar-refractivity contribution is -0.133. The van der Waals surface area contributed by atoms with E-state index in [9.17, 15) is 13.2 Å². The Morgan fingerprint density at radius 1 is 1.37 bits per heavy atom. The van der Waals surface area contributed by atoms with Gasteiger partial charge in [-0.1, -0.05) is 20.8 Å². The molecule has 1 amide bonds. The Morgan fingerprint density at radius 3 is 2.47 bits per heavy atom. The zero-order valence-electron chi connectivity index (χ0n) is 11.7. The molecule has 0 atom stereocenters. The van der Waals surface area contributed by atoms with E-state index in [0.717, 1.165) is 15.9 Å². The number of rotatable bonds is 2. The molecule has 0 fully saturated rings. The smallest absolute Gasteiger partial charge is 0.250 e. The van der Waals surface area contributed by atoms with Crippen molar-refractivity contribution in [3.63, 3.8) is 0 Å². The number of hydrogen-bond donors (Lipinski definition) is 0. The number of amides is 1. The molecule has 7 heteroatoms. The number of carbonyl (C=O) groups excluding carboxylic acids is 1. The number of fused-ring (bicyclic) bond motifs is 1. The van der Waals surface area contributed by atoms with Gasteiger partial charge in [-0.2, -0.15) is 9.19 Å². The highest BCUT2D eigenvalue weighted by Crippen LogP contribution is 2.26. The SMILES string of the molecule is CC(C)(C)CC(=O)N1Cc2cn(S(C)(=O)=O)nc2C1. The first-order valence-corrected chi connectivity index (χ1v) is 7.97. The van der Waals surface area contributed by atoms with E-state index in [1.807, 2.05) is 20.8 Å². The summed E-state index contributed by atoms with van der Waals surface area (Å²) >= 11 is 0. The molecule has 0 aliphatic carbocycles. The molecule has 0 aromatic carbocycles.